The molecule has 0 bridgehead atoms. The maximum absolute atomic E-state index is 6.21. The number of likely N-dealkylation sites (N-methyl/N-ethyl adjacent to an activating group) is 1. The van der Waals surface area contributed by atoms with Crippen molar-refractivity contribution in [2.24, 2.45) is 5.10 Å². The lowest BCUT2D eigenvalue weighted by molar-refractivity contribution is 0.381. The highest BCUT2D eigenvalue weighted by Crippen LogP contribution is 2.28. The van der Waals surface area contributed by atoms with Gasteiger partial charge in [-0.15, -0.1) is 0 Å². The molecule has 1 atom stereocenters. The first-order valence-corrected chi connectivity index (χ1v) is 8.25. The van der Waals surface area contributed by atoms with Gasteiger partial charge in [0.15, 0.2) is 5.65 Å². The minimum absolute atomic E-state index is 0.168. The Bertz CT molecular complexity index is 900. The number of hydrogen-bond donors (Lipinski definition) is 1. The molecule has 9 heteroatoms. The van der Waals surface area contributed by atoms with Crippen molar-refractivity contribution in [2.75, 3.05) is 18.9 Å². The maximum atomic E-state index is 6.21. The molecule has 0 radical (unpaired) electrons. The molecule has 1 aliphatic heterocycles. The van der Waals surface area contributed by atoms with E-state index in [1.54, 1.807) is 10.6 Å². The molecule has 4 rings (SSSR count). The number of fused-ring (bicyclic) bond motifs is 1. The van der Waals surface area contributed by atoms with E-state index in [1.807, 2.05) is 37.5 Å². The van der Waals surface area contributed by atoms with Crippen LogP contribution in [-0.4, -0.2) is 43.8 Å². The molecule has 118 valence electrons. The summed E-state index contributed by atoms with van der Waals surface area (Å²) in [7, 11) is 1.95. The molecular formula is C14H14ClN7S. The molecule has 0 fully saturated rings. The predicted octanol–water partition coefficient (Wildman–Crippen LogP) is 2.91. The van der Waals surface area contributed by atoms with Crippen molar-refractivity contribution in [3.8, 4) is 0 Å². The van der Waals surface area contributed by atoms with E-state index in [0.29, 0.717) is 5.15 Å². The molecule has 0 amide bonds. The van der Waals surface area contributed by atoms with Gasteiger partial charge < -0.3 is 5.32 Å². The van der Waals surface area contributed by atoms with Crippen LogP contribution in [0.4, 0.5) is 10.8 Å². The quantitative estimate of drug-likeness (QED) is 0.738. The molecule has 0 spiro atoms. The van der Waals surface area contributed by atoms with Gasteiger partial charge in [0.1, 0.15) is 16.0 Å². The van der Waals surface area contributed by atoms with Gasteiger partial charge in [-0.05, 0) is 24.5 Å². The molecule has 0 saturated heterocycles. The highest BCUT2D eigenvalue weighted by atomic mass is 35.5. The standard InChI is InChI=1S/C14H14ClN7S/c1-8-3-13(23-20-8)19-12-4-11(15)18-14-10(6-17-22(12)14)9-5-16-21(2)7-9/h3-6,9,19H,7H2,1-2H3. The second-order valence-corrected chi connectivity index (χ2v) is 6.66. The lowest BCUT2D eigenvalue weighted by Gasteiger charge is -2.10. The third-order valence-electron chi connectivity index (χ3n) is 3.65. The van der Waals surface area contributed by atoms with Crippen LogP contribution in [0.1, 0.15) is 17.2 Å². The van der Waals surface area contributed by atoms with E-state index >= 15 is 0 Å². The van der Waals surface area contributed by atoms with Crippen LogP contribution < -0.4 is 5.32 Å². The molecule has 0 aliphatic carbocycles. The average Bonchev–Trinajstić information content (AvgIpc) is 3.19. The zero-order valence-corrected chi connectivity index (χ0v) is 14.1. The fourth-order valence-corrected chi connectivity index (χ4v) is 3.45. The first-order valence-electron chi connectivity index (χ1n) is 7.10. The van der Waals surface area contributed by atoms with Crippen LogP contribution in [0.15, 0.2) is 23.4 Å². The number of hydrogen-bond acceptors (Lipinski definition) is 7. The zero-order chi connectivity index (χ0) is 16.0. The monoisotopic (exact) mass is 347 g/mol. The Hall–Kier alpha value is -2.19. The van der Waals surface area contributed by atoms with Gasteiger partial charge >= 0.3 is 0 Å². The maximum Gasteiger partial charge on any atom is 0.162 e. The molecule has 3 aromatic heterocycles. The average molecular weight is 348 g/mol. The number of aromatic nitrogens is 4. The van der Waals surface area contributed by atoms with Crippen LogP contribution >= 0.6 is 23.1 Å². The molecule has 1 unspecified atom stereocenters. The number of hydrazone groups is 1. The summed E-state index contributed by atoms with van der Waals surface area (Å²) in [5.41, 5.74) is 2.73. The summed E-state index contributed by atoms with van der Waals surface area (Å²) in [4.78, 5) is 4.45. The lowest BCUT2D eigenvalue weighted by atomic mass is 10.0. The van der Waals surface area contributed by atoms with E-state index in [9.17, 15) is 0 Å². The fourth-order valence-electron chi connectivity index (χ4n) is 2.60. The number of halogens is 1. The summed E-state index contributed by atoms with van der Waals surface area (Å²) in [5.74, 6) is 0.931. The van der Waals surface area contributed by atoms with Crippen LogP contribution in [0.2, 0.25) is 5.15 Å². The molecule has 1 aliphatic rings. The van der Waals surface area contributed by atoms with Gasteiger partial charge in [-0.3, -0.25) is 5.01 Å². The number of nitrogens with one attached hydrogen (secondary N) is 1. The number of rotatable bonds is 3. The summed E-state index contributed by atoms with van der Waals surface area (Å²) in [6.45, 7) is 2.77. The third kappa shape index (κ3) is 2.64. The molecule has 0 aromatic carbocycles. The van der Waals surface area contributed by atoms with Crippen molar-refractivity contribution >= 4 is 45.8 Å². The SMILES string of the molecule is Cc1cc(Nc2cc(Cl)nc3c(C4C=NN(C)C4)cnn23)sn1. The smallest absolute Gasteiger partial charge is 0.162 e. The summed E-state index contributed by atoms with van der Waals surface area (Å²) in [5, 5.41) is 15.3. The molecular weight excluding hydrogens is 334 g/mol. The minimum atomic E-state index is 0.168. The zero-order valence-electron chi connectivity index (χ0n) is 12.6. The summed E-state index contributed by atoms with van der Waals surface area (Å²) < 4.78 is 6.04. The second kappa shape index (κ2) is 5.47. The van der Waals surface area contributed by atoms with E-state index in [0.717, 1.165) is 34.3 Å². The minimum Gasteiger partial charge on any atom is -0.330 e. The van der Waals surface area contributed by atoms with E-state index in [-0.39, 0.29) is 5.92 Å². The Balaban J connectivity index is 1.77. The van der Waals surface area contributed by atoms with Crippen LogP contribution in [0.5, 0.6) is 0 Å². The first-order chi connectivity index (χ1) is 11.1. The highest BCUT2D eigenvalue weighted by Gasteiger charge is 2.22. The predicted molar refractivity (Wildman–Crippen MR) is 92.0 cm³/mol. The topological polar surface area (TPSA) is 70.7 Å². The van der Waals surface area contributed by atoms with Crippen molar-refractivity contribution < 1.29 is 0 Å². The first kappa shape index (κ1) is 14.4. The molecule has 0 saturated carbocycles. The van der Waals surface area contributed by atoms with Gasteiger partial charge in [-0.1, -0.05) is 11.6 Å². The van der Waals surface area contributed by atoms with E-state index in [1.165, 1.54) is 11.5 Å². The summed E-state index contributed by atoms with van der Waals surface area (Å²) in [6, 6.07) is 3.74. The normalized spacial score (nSPS) is 17.3. The number of nitrogens with zero attached hydrogens (tertiary/aromatic N) is 6. The Morgan fingerprint density at radius 3 is 2.96 bits per heavy atom. The molecule has 1 N–H and O–H groups in total. The molecule has 3 aromatic rings. The van der Waals surface area contributed by atoms with Crippen molar-refractivity contribution in [3.05, 3.63) is 34.7 Å². The Labute approximate surface area is 141 Å². The van der Waals surface area contributed by atoms with Crippen LogP contribution in [0.25, 0.3) is 5.65 Å². The number of anilines is 2. The van der Waals surface area contributed by atoms with Crippen LogP contribution in [-0.2, 0) is 0 Å². The molecule has 23 heavy (non-hydrogen) atoms. The second-order valence-electron chi connectivity index (χ2n) is 5.47. The van der Waals surface area contributed by atoms with E-state index in [2.05, 4.69) is 24.9 Å². The fraction of sp³-hybridized carbons (Fsp3) is 0.286. The van der Waals surface area contributed by atoms with Gasteiger partial charge in [0.2, 0.25) is 0 Å². The van der Waals surface area contributed by atoms with Gasteiger partial charge in [-0.2, -0.15) is 19.1 Å². The highest BCUT2D eigenvalue weighted by molar-refractivity contribution is 7.10. The van der Waals surface area contributed by atoms with Crippen molar-refractivity contribution in [1.29, 1.82) is 0 Å². The van der Waals surface area contributed by atoms with Crippen LogP contribution in [0.3, 0.4) is 0 Å². The van der Waals surface area contributed by atoms with Gasteiger partial charge in [-0.25, -0.2) is 4.98 Å². The molecule has 4 heterocycles. The lowest BCUT2D eigenvalue weighted by Crippen LogP contribution is -2.12. The Kier molecular flexibility index (Phi) is 3.42. The largest absolute Gasteiger partial charge is 0.330 e. The third-order valence-corrected chi connectivity index (χ3v) is 4.64. The Morgan fingerprint density at radius 1 is 1.39 bits per heavy atom. The van der Waals surface area contributed by atoms with E-state index < -0.39 is 0 Å². The molecule has 7 nitrogen and oxygen atoms in total. The van der Waals surface area contributed by atoms with Crippen molar-refractivity contribution in [1.82, 2.24) is 24.0 Å². The van der Waals surface area contributed by atoms with Crippen molar-refractivity contribution in [2.45, 2.75) is 12.8 Å². The van der Waals surface area contributed by atoms with Gasteiger partial charge in [0, 0.05) is 37.4 Å². The van der Waals surface area contributed by atoms with Crippen molar-refractivity contribution in [3.63, 3.8) is 0 Å². The number of aryl methyl sites for hydroxylation is 1. The van der Waals surface area contributed by atoms with Gasteiger partial charge in [0.25, 0.3) is 0 Å². The van der Waals surface area contributed by atoms with E-state index in [4.69, 9.17) is 11.6 Å². The van der Waals surface area contributed by atoms with Crippen LogP contribution in [0, 0.1) is 6.92 Å². The van der Waals surface area contributed by atoms with Gasteiger partial charge in [0.05, 0.1) is 11.9 Å². The summed E-state index contributed by atoms with van der Waals surface area (Å²) >= 11 is 7.61. The summed E-state index contributed by atoms with van der Waals surface area (Å²) in [6.07, 6.45) is 3.75. The Morgan fingerprint density at radius 2 is 2.26 bits per heavy atom.